The topological polar surface area (TPSA) is 123 Å². The number of nitrogens with zero attached hydrogens (tertiary/aromatic N) is 2. The first-order valence-corrected chi connectivity index (χ1v) is 17.2. The van der Waals surface area contributed by atoms with Crippen LogP contribution >= 0.6 is 22.6 Å². The molecule has 244 valence electrons. The van der Waals surface area contributed by atoms with Crippen molar-refractivity contribution in [1.82, 2.24) is 20.2 Å². The first-order chi connectivity index (χ1) is 22.8. The van der Waals surface area contributed by atoms with E-state index in [4.69, 9.17) is 19.2 Å². The molecule has 2 unspecified atom stereocenters. The van der Waals surface area contributed by atoms with Gasteiger partial charge in [0.05, 0.1) is 35.6 Å². The third-order valence-corrected chi connectivity index (χ3v) is 10.9. The molecule has 2 aliphatic heterocycles. The number of alkyl carbamates (subject to hydrolysis) is 1. The number of fused-ring (bicyclic) bond motifs is 3. The van der Waals surface area contributed by atoms with Gasteiger partial charge in [0, 0.05) is 30.7 Å². The van der Waals surface area contributed by atoms with Gasteiger partial charge in [0.15, 0.2) is 5.78 Å². The molecule has 1 saturated carbocycles. The van der Waals surface area contributed by atoms with Gasteiger partial charge in [-0.15, -0.1) is 0 Å². The van der Waals surface area contributed by atoms with Crippen molar-refractivity contribution in [2.45, 2.75) is 48.3 Å². The highest BCUT2D eigenvalue weighted by atomic mass is 127. The van der Waals surface area contributed by atoms with Crippen LogP contribution in [-0.2, 0) is 30.4 Å². The molecule has 47 heavy (non-hydrogen) atoms. The van der Waals surface area contributed by atoms with Crippen molar-refractivity contribution in [3.63, 3.8) is 0 Å². The van der Waals surface area contributed by atoms with E-state index in [0.29, 0.717) is 37.6 Å². The van der Waals surface area contributed by atoms with Crippen LogP contribution in [0.15, 0.2) is 72.1 Å². The van der Waals surface area contributed by atoms with E-state index in [1.165, 1.54) is 18.2 Å². The van der Waals surface area contributed by atoms with Gasteiger partial charge in [0.2, 0.25) is 0 Å². The van der Waals surface area contributed by atoms with Crippen LogP contribution in [0.5, 0.6) is 0 Å². The van der Waals surface area contributed by atoms with E-state index in [1.807, 2.05) is 42.6 Å². The number of Topliss-reactive ketones (excluding diaryl/α,β-unsaturated/α-hetero) is 1. The number of aromatic amines is 1. The summed E-state index contributed by atoms with van der Waals surface area (Å²) < 4.78 is 16.6. The van der Waals surface area contributed by atoms with Gasteiger partial charge in [-0.25, -0.2) is 9.78 Å². The maximum absolute atomic E-state index is 14.1. The quantitative estimate of drug-likeness (QED) is 0.223. The number of allylic oxidation sites excluding steroid dienone is 3. The van der Waals surface area contributed by atoms with Crippen LogP contribution in [0.4, 0.5) is 4.79 Å². The summed E-state index contributed by atoms with van der Waals surface area (Å²) in [6.45, 7) is 1.40. The fourth-order valence-corrected chi connectivity index (χ4v) is 8.12. The smallest absolute Gasteiger partial charge is 0.407 e. The zero-order valence-corrected chi connectivity index (χ0v) is 28.5. The number of halogens is 1. The zero-order valence-electron chi connectivity index (χ0n) is 26.3. The summed E-state index contributed by atoms with van der Waals surface area (Å²) in [5.74, 6) is 1.87. The van der Waals surface area contributed by atoms with Crippen molar-refractivity contribution in [3.8, 4) is 11.3 Å². The fraction of sp³-hybridized carbons (Fsp3) is 0.389. The highest BCUT2D eigenvalue weighted by Gasteiger charge is 2.41. The highest BCUT2D eigenvalue weighted by Crippen LogP contribution is 2.46. The molecule has 7 rings (SSSR count). The molecule has 2 N–H and O–H groups in total. The number of methoxy groups -OCH3 is 2. The number of carbonyl (C=O) groups excluding carboxylic acids is 3. The van der Waals surface area contributed by atoms with Crippen LogP contribution in [0.2, 0.25) is 0 Å². The van der Waals surface area contributed by atoms with Gasteiger partial charge >= 0.3 is 6.09 Å². The molecule has 2 aliphatic carbocycles. The van der Waals surface area contributed by atoms with Gasteiger partial charge in [-0.2, -0.15) is 0 Å². The first kappa shape index (κ1) is 31.6. The molecule has 11 heteroatoms. The van der Waals surface area contributed by atoms with E-state index in [9.17, 15) is 14.4 Å². The molecule has 2 amide bonds. The Kier molecular flexibility index (Phi) is 8.93. The SMILES string of the molecule is COC[C@H]1C[C@@H](c2ncc(-c3ccc4c(c3)COC3=C4CC4CCC(I)C(=O)C4=C3)[nH]2)N(C(=O)[C@H](NC(=O)OC)c2ccccc2)C1. The summed E-state index contributed by atoms with van der Waals surface area (Å²) in [6.07, 6.45) is 6.54. The number of nitrogens with one attached hydrogen (secondary N) is 2. The van der Waals surface area contributed by atoms with Crippen molar-refractivity contribution < 1.29 is 28.6 Å². The number of imidazole rings is 1. The van der Waals surface area contributed by atoms with Gasteiger partial charge in [-0.3, -0.25) is 9.59 Å². The molecule has 5 atom stereocenters. The molecule has 3 aromatic rings. The fourth-order valence-electron chi connectivity index (χ4n) is 7.41. The minimum absolute atomic E-state index is 0.0529. The predicted octanol–water partition coefficient (Wildman–Crippen LogP) is 6.06. The Balaban J connectivity index is 1.15. The van der Waals surface area contributed by atoms with E-state index in [0.717, 1.165) is 47.4 Å². The standard InChI is InChI=1S/C36H37IN4O6/c1-45-18-20-12-30(41(17-20)35(43)32(40-36(44)46-2)21-6-4-3-5-7-21)34-38-16-29(39-34)23-8-10-25-24(13-23)19-47-31-15-26-22(14-27(25)31)9-11-28(37)33(26)42/h3-8,10,13,15-16,20,22,28,30,32H,9,11-12,14,17-19H2,1-2H3,(H,38,39)(H,40,44)/t20-,22?,28?,30-,32+/m0/s1. The number of benzene rings is 2. The van der Waals surface area contributed by atoms with Crippen LogP contribution in [0.25, 0.3) is 16.8 Å². The van der Waals surface area contributed by atoms with Gasteiger partial charge in [0.25, 0.3) is 5.91 Å². The number of alkyl halides is 1. The van der Waals surface area contributed by atoms with Crippen molar-refractivity contribution in [3.05, 3.63) is 94.7 Å². The van der Waals surface area contributed by atoms with Crippen LogP contribution < -0.4 is 5.32 Å². The number of amides is 2. The van der Waals surface area contributed by atoms with Crippen LogP contribution in [0, 0.1) is 11.8 Å². The Bertz CT molecular complexity index is 1770. The van der Waals surface area contributed by atoms with Gasteiger partial charge in [-0.1, -0.05) is 65.1 Å². The number of rotatable bonds is 7. The van der Waals surface area contributed by atoms with Crippen LogP contribution in [0.1, 0.15) is 60.3 Å². The maximum Gasteiger partial charge on any atom is 0.407 e. The lowest BCUT2D eigenvalue weighted by molar-refractivity contribution is -0.134. The number of ketones is 1. The van der Waals surface area contributed by atoms with E-state index >= 15 is 0 Å². The molecule has 0 bridgehead atoms. The first-order valence-electron chi connectivity index (χ1n) is 16.0. The summed E-state index contributed by atoms with van der Waals surface area (Å²) in [7, 11) is 2.94. The van der Waals surface area contributed by atoms with Crippen molar-refractivity contribution in [2.75, 3.05) is 27.4 Å². The number of carbonyl (C=O) groups is 3. The molecule has 10 nitrogen and oxygen atoms in total. The number of hydrogen-bond acceptors (Lipinski definition) is 7. The zero-order chi connectivity index (χ0) is 32.7. The molecule has 1 aromatic heterocycles. The largest absolute Gasteiger partial charge is 0.489 e. The number of hydrogen-bond donors (Lipinski definition) is 2. The molecular weight excluding hydrogens is 711 g/mol. The molecule has 4 aliphatic rings. The average molecular weight is 749 g/mol. The lowest BCUT2D eigenvalue weighted by atomic mass is 9.74. The van der Waals surface area contributed by atoms with Crippen LogP contribution in [-0.4, -0.2) is 63.9 Å². The van der Waals surface area contributed by atoms with Crippen molar-refractivity contribution in [1.29, 1.82) is 0 Å². The Morgan fingerprint density at radius 2 is 2.00 bits per heavy atom. The summed E-state index contributed by atoms with van der Waals surface area (Å²) >= 11 is 2.26. The lowest BCUT2D eigenvalue weighted by Crippen LogP contribution is -2.43. The second kappa shape index (κ2) is 13.3. The van der Waals surface area contributed by atoms with Gasteiger partial charge in [0.1, 0.15) is 24.2 Å². The average Bonchev–Trinajstić information content (AvgIpc) is 3.76. The Morgan fingerprint density at radius 3 is 2.79 bits per heavy atom. The normalized spacial score (nSPS) is 24.0. The highest BCUT2D eigenvalue weighted by molar-refractivity contribution is 14.1. The summed E-state index contributed by atoms with van der Waals surface area (Å²) in [5.41, 5.74) is 6.85. The molecule has 0 radical (unpaired) electrons. The molecule has 3 heterocycles. The maximum atomic E-state index is 14.1. The summed E-state index contributed by atoms with van der Waals surface area (Å²) in [6, 6.07) is 14.3. The molecule has 0 spiro atoms. The summed E-state index contributed by atoms with van der Waals surface area (Å²) in [5, 5.41) is 2.73. The van der Waals surface area contributed by atoms with Gasteiger partial charge in [-0.05, 0) is 66.0 Å². The lowest BCUT2D eigenvalue weighted by Gasteiger charge is -2.34. The third-order valence-electron chi connectivity index (χ3n) is 9.75. The Hall–Kier alpha value is -3.97. The van der Waals surface area contributed by atoms with Crippen molar-refractivity contribution in [2.24, 2.45) is 11.8 Å². The van der Waals surface area contributed by atoms with E-state index in [1.54, 1.807) is 12.0 Å². The summed E-state index contributed by atoms with van der Waals surface area (Å²) in [4.78, 5) is 49.3. The molecule has 1 saturated heterocycles. The second-order valence-corrected chi connectivity index (χ2v) is 14.1. The molecule has 2 aromatic carbocycles. The Morgan fingerprint density at radius 1 is 1.17 bits per heavy atom. The number of likely N-dealkylation sites (tertiary alicyclic amines) is 1. The molecular formula is C36H37IN4O6. The Labute approximate surface area is 287 Å². The minimum Gasteiger partial charge on any atom is -0.489 e. The van der Waals surface area contributed by atoms with Gasteiger partial charge < -0.3 is 29.4 Å². The van der Waals surface area contributed by atoms with E-state index in [2.05, 4.69) is 51.1 Å². The predicted molar refractivity (Wildman–Crippen MR) is 183 cm³/mol. The monoisotopic (exact) mass is 748 g/mol. The third kappa shape index (κ3) is 6.11. The van der Waals surface area contributed by atoms with E-state index < -0.39 is 12.1 Å². The number of H-pyrrole nitrogens is 1. The minimum atomic E-state index is -0.915. The van der Waals surface area contributed by atoms with Crippen LogP contribution in [0.3, 0.4) is 0 Å². The van der Waals surface area contributed by atoms with E-state index in [-0.39, 0.29) is 33.5 Å². The molecule has 2 fully saturated rings. The number of aromatic nitrogens is 2. The second-order valence-electron chi connectivity index (χ2n) is 12.6. The number of ether oxygens (including phenoxy) is 3. The van der Waals surface area contributed by atoms with Crippen molar-refractivity contribution >= 4 is 45.9 Å².